The second kappa shape index (κ2) is 9.42. The Morgan fingerprint density at radius 2 is 1.86 bits per heavy atom. The highest BCUT2D eigenvalue weighted by Crippen LogP contribution is 2.28. The van der Waals surface area contributed by atoms with Gasteiger partial charge < -0.3 is 15.0 Å². The van der Waals surface area contributed by atoms with Crippen LogP contribution in [0.1, 0.15) is 35.1 Å². The van der Waals surface area contributed by atoms with Gasteiger partial charge in [0.25, 0.3) is 0 Å². The van der Waals surface area contributed by atoms with Gasteiger partial charge in [-0.2, -0.15) is 0 Å². The van der Waals surface area contributed by atoms with Crippen LogP contribution >= 0.6 is 0 Å². The van der Waals surface area contributed by atoms with Crippen molar-refractivity contribution < 1.29 is 9.53 Å². The average Bonchev–Trinajstić information content (AvgIpc) is 3.57. The summed E-state index contributed by atoms with van der Waals surface area (Å²) >= 11 is 0. The summed E-state index contributed by atoms with van der Waals surface area (Å²) in [5.41, 5.74) is 4.90. The van der Waals surface area contributed by atoms with Crippen LogP contribution in [0.3, 0.4) is 0 Å². The van der Waals surface area contributed by atoms with Crippen molar-refractivity contribution in [1.29, 1.82) is 0 Å². The second-order valence-corrected chi connectivity index (χ2v) is 8.16. The summed E-state index contributed by atoms with van der Waals surface area (Å²) in [4.78, 5) is 17.4. The van der Waals surface area contributed by atoms with E-state index < -0.39 is 0 Å². The summed E-state index contributed by atoms with van der Waals surface area (Å²) in [5.74, 6) is 0. The van der Waals surface area contributed by atoms with Crippen molar-refractivity contribution in [3.63, 3.8) is 0 Å². The van der Waals surface area contributed by atoms with Gasteiger partial charge in [-0.25, -0.2) is 4.79 Å². The number of hydrogen-bond acceptors (Lipinski definition) is 3. The van der Waals surface area contributed by atoms with Crippen LogP contribution in [0, 0.1) is 6.92 Å². The molecule has 0 bridgehead atoms. The predicted molar refractivity (Wildman–Crippen MR) is 115 cm³/mol. The highest BCUT2D eigenvalue weighted by molar-refractivity contribution is 5.75. The van der Waals surface area contributed by atoms with Crippen LogP contribution < -0.4 is 5.32 Å². The Balaban J connectivity index is 1.38. The monoisotopic (exact) mass is 393 g/mol. The molecule has 2 amide bonds. The van der Waals surface area contributed by atoms with E-state index in [2.05, 4.69) is 65.7 Å². The lowest BCUT2D eigenvalue weighted by atomic mass is 10.1. The number of nitrogens with zero attached hydrogens (tertiary/aromatic N) is 2. The summed E-state index contributed by atoms with van der Waals surface area (Å²) in [5, 5.41) is 3.18. The van der Waals surface area contributed by atoms with Crippen molar-refractivity contribution in [2.24, 2.45) is 0 Å². The molecule has 2 fully saturated rings. The molecule has 1 heterocycles. The topological polar surface area (TPSA) is 44.8 Å². The van der Waals surface area contributed by atoms with Gasteiger partial charge in [-0.05, 0) is 36.5 Å². The van der Waals surface area contributed by atoms with Gasteiger partial charge in [0, 0.05) is 38.8 Å². The number of urea groups is 1. The van der Waals surface area contributed by atoms with E-state index in [9.17, 15) is 4.79 Å². The molecule has 154 valence electrons. The number of nitrogens with one attached hydrogen (secondary N) is 1. The van der Waals surface area contributed by atoms with E-state index in [0.717, 1.165) is 45.7 Å². The van der Waals surface area contributed by atoms with Crippen LogP contribution in [0.15, 0.2) is 48.5 Å². The van der Waals surface area contributed by atoms with Gasteiger partial charge in [-0.1, -0.05) is 54.1 Å². The standard InChI is InChI=1S/C24H31N3O2/c1-19-5-4-6-20(15-19)17-27(23-9-10-23)24(28)25-16-21-7-2-3-8-22(21)18-26-11-13-29-14-12-26/h2-8,15,23H,9-14,16-18H2,1H3,(H,25,28). The van der Waals surface area contributed by atoms with Crippen LogP contribution in [0.5, 0.6) is 0 Å². The molecule has 0 atom stereocenters. The van der Waals surface area contributed by atoms with E-state index >= 15 is 0 Å². The molecule has 1 aliphatic heterocycles. The van der Waals surface area contributed by atoms with Gasteiger partial charge in [0.2, 0.25) is 0 Å². The molecule has 1 saturated carbocycles. The predicted octanol–water partition coefficient (Wildman–Crippen LogP) is 3.70. The van der Waals surface area contributed by atoms with Crippen molar-refractivity contribution in [2.75, 3.05) is 26.3 Å². The van der Waals surface area contributed by atoms with Crippen molar-refractivity contribution in [3.8, 4) is 0 Å². The number of aryl methyl sites for hydroxylation is 1. The molecule has 1 saturated heterocycles. The Hall–Kier alpha value is -2.37. The molecular weight excluding hydrogens is 362 g/mol. The average molecular weight is 394 g/mol. The minimum absolute atomic E-state index is 0.0372. The minimum atomic E-state index is 0.0372. The van der Waals surface area contributed by atoms with Gasteiger partial charge in [0.1, 0.15) is 0 Å². The molecule has 5 nitrogen and oxygen atoms in total. The summed E-state index contributed by atoms with van der Waals surface area (Å²) < 4.78 is 5.45. The van der Waals surface area contributed by atoms with Gasteiger partial charge >= 0.3 is 6.03 Å². The van der Waals surface area contributed by atoms with Crippen LogP contribution in [0.4, 0.5) is 4.79 Å². The maximum absolute atomic E-state index is 13.0. The number of ether oxygens (including phenoxy) is 1. The van der Waals surface area contributed by atoms with E-state index in [1.807, 2.05) is 4.90 Å². The molecule has 4 rings (SSSR count). The molecule has 29 heavy (non-hydrogen) atoms. The lowest BCUT2D eigenvalue weighted by molar-refractivity contribution is 0.0340. The van der Waals surface area contributed by atoms with Crippen LogP contribution in [0.25, 0.3) is 0 Å². The first-order chi connectivity index (χ1) is 14.2. The largest absolute Gasteiger partial charge is 0.379 e. The lowest BCUT2D eigenvalue weighted by Gasteiger charge is -2.27. The van der Waals surface area contributed by atoms with E-state index in [1.165, 1.54) is 22.3 Å². The molecule has 2 aliphatic rings. The molecule has 5 heteroatoms. The zero-order valence-corrected chi connectivity index (χ0v) is 17.3. The summed E-state index contributed by atoms with van der Waals surface area (Å²) in [7, 11) is 0. The summed E-state index contributed by atoms with van der Waals surface area (Å²) in [6.07, 6.45) is 2.21. The fourth-order valence-electron chi connectivity index (χ4n) is 3.92. The smallest absolute Gasteiger partial charge is 0.318 e. The SMILES string of the molecule is Cc1cccc(CN(C(=O)NCc2ccccc2CN2CCOCC2)C2CC2)c1. The van der Waals surface area contributed by atoms with Crippen LogP contribution in [-0.4, -0.2) is 48.2 Å². The van der Waals surface area contributed by atoms with Crippen molar-refractivity contribution in [1.82, 2.24) is 15.1 Å². The molecule has 1 aliphatic carbocycles. The number of carbonyl (C=O) groups excluding carboxylic acids is 1. The Bertz CT molecular complexity index is 828. The maximum atomic E-state index is 13.0. The first-order valence-corrected chi connectivity index (χ1v) is 10.7. The van der Waals surface area contributed by atoms with E-state index in [1.54, 1.807) is 0 Å². The van der Waals surface area contributed by atoms with Gasteiger partial charge in [0.05, 0.1) is 13.2 Å². The molecule has 2 aromatic rings. The lowest BCUT2D eigenvalue weighted by Crippen LogP contribution is -2.41. The molecule has 0 radical (unpaired) electrons. The third kappa shape index (κ3) is 5.58. The number of amides is 2. The first-order valence-electron chi connectivity index (χ1n) is 10.7. The highest BCUT2D eigenvalue weighted by Gasteiger charge is 2.32. The number of benzene rings is 2. The molecule has 0 aromatic heterocycles. The highest BCUT2D eigenvalue weighted by atomic mass is 16.5. The van der Waals surface area contributed by atoms with Crippen molar-refractivity contribution in [2.45, 2.75) is 45.4 Å². The van der Waals surface area contributed by atoms with Gasteiger partial charge in [-0.3, -0.25) is 4.90 Å². The summed E-state index contributed by atoms with van der Waals surface area (Å²) in [6, 6.07) is 17.3. The third-order valence-corrected chi connectivity index (χ3v) is 5.73. The Labute approximate surface area is 173 Å². The molecule has 0 unspecified atom stereocenters. The maximum Gasteiger partial charge on any atom is 0.318 e. The Morgan fingerprint density at radius 3 is 2.59 bits per heavy atom. The van der Waals surface area contributed by atoms with Gasteiger partial charge in [0.15, 0.2) is 0 Å². The molecule has 0 spiro atoms. The molecular formula is C24H31N3O2. The van der Waals surface area contributed by atoms with Crippen LogP contribution in [0.2, 0.25) is 0 Å². The number of carbonyl (C=O) groups is 1. The quantitative estimate of drug-likeness (QED) is 0.780. The normalized spacial score (nSPS) is 17.1. The summed E-state index contributed by atoms with van der Waals surface area (Å²) in [6.45, 7) is 7.77. The molecule has 2 aromatic carbocycles. The fraction of sp³-hybridized carbons (Fsp3) is 0.458. The van der Waals surface area contributed by atoms with E-state index in [-0.39, 0.29) is 6.03 Å². The van der Waals surface area contributed by atoms with Crippen molar-refractivity contribution >= 4 is 6.03 Å². The first kappa shape index (κ1) is 19.9. The number of morpholine rings is 1. The zero-order valence-electron chi connectivity index (χ0n) is 17.3. The third-order valence-electron chi connectivity index (χ3n) is 5.73. The molecule has 1 N–H and O–H groups in total. The number of hydrogen-bond donors (Lipinski definition) is 1. The Morgan fingerprint density at radius 1 is 1.10 bits per heavy atom. The number of rotatable bonds is 7. The van der Waals surface area contributed by atoms with Crippen molar-refractivity contribution in [3.05, 3.63) is 70.8 Å². The van der Waals surface area contributed by atoms with Gasteiger partial charge in [-0.15, -0.1) is 0 Å². The Kier molecular flexibility index (Phi) is 6.47. The van der Waals surface area contributed by atoms with E-state index in [0.29, 0.717) is 19.1 Å². The van der Waals surface area contributed by atoms with Crippen LogP contribution in [-0.2, 0) is 24.4 Å². The minimum Gasteiger partial charge on any atom is -0.379 e. The fourth-order valence-corrected chi connectivity index (χ4v) is 3.92. The van der Waals surface area contributed by atoms with E-state index in [4.69, 9.17) is 4.74 Å². The zero-order chi connectivity index (χ0) is 20.1. The second-order valence-electron chi connectivity index (χ2n) is 8.16.